The number of hydrogen-bond acceptors (Lipinski definition) is 3. The van der Waals surface area contributed by atoms with Crippen molar-refractivity contribution in [3.8, 4) is 0 Å². The minimum Gasteiger partial charge on any atom is -0.367 e. The predicted molar refractivity (Wildman–Crippen MR) is 111 cm³/mol. The van der Waals surface area contributed by atoms with Crippen LogP contribution in [0.3, 0.4) is 0 Å². The molecule has 0 radical (unpaired) electrons. The van der Waals surface area contributed by atoms with Crippen LogP contribution >= 0.6 is 12.2 Å². The van der Waals surface area contributed by atoms with Gasteiger partial charge in [0.15, 0.2) is 4.77 Å². The van der Waals surface area contributed by atoms with Gasteiger partial charge < -0.3 is 10.6 Å². The van der Waals surface area contributed by atoms with E-state index in [9.17, 15) is 0 Å². The fourth-order valence-electron chi connectivity index (χ4n) is 3.03. The molecule has 26 heavy (non-hydrogen) atoms. The molecule has 0 aliphatic rings. The lowest BCUT2D eigenvalue weighted by Crippen LogP contribution is -2.11. The second-order valence-electron chi connectivity index (χ2n) is 6.03. The lowest BCUT2D eigenvalue weighted by Gasteiger charge is -2.09. The number of hydrogen-bond donors (Lipinski definition) is 2. The van der Waals surface area contributed by atoms with Gasteiger partial charge in [0, 0.05) is 11.4 Å². The van der Waals surface area contributed by atoms with Crippen LogP contribution < -0.4 is 10.6 Å². The maximum Gasteiger partial charge on any atom is 0.183 e. The average molecular weight is 360 g/mol. The standard InChI is InChI=1S/C21H20N4S/c26-21-24(15-22-17-9-3-1-4-10-17)19-13-7-8-14-20(19)25(21)16-23-18-11-5-2-6-12-18/h1-14,22-23H,15-16H2. The summed E-state index contributed by atoms with van der Waals surface area (Å²) in [5.41, 5.74) is 4.40. The van der Waals surface area contributed by atoms with Gasteiger partial charge in [0.1, 0.15) is 0 Å². The quantitative estimate of drug-likeness (QED) is 0.457. The van der Waals surface area contributed by atoms with Crippen molar-refractivity contribution in [3.05, 3.63) is 89.7 Å². The zero-order valence-electron chi connectivity index (χ0n) is 14.3. The summed E-state index contributed by atoms with van der Waals surface area (Å²) in [6.07, 6.45) is 0. The minimum atomic E-state index is 0.627. The Morgan fingerprint density at radius 1 is 0.577 bits per heavy atom. The molecule has 0 saturated carbocycles. The zero-order chi connectivity index (χ0) is 17.8. The largest absolute Gasteiger partial charge is 0.367 e. The molecule has 1 aromatic heterocycles. The number of fused-ring (bicyclic) bond motifs is 1. The summed E-state index contributed by atoms with van der Waals surface area (Å²) in [5, 5.41) is 6.89. The highest BCUT2D eigenvalue weighted by molar-refractivity contribution is 7.71. The van der Waals surface area contributed by atoms with E-state index in [-0.39, 0.29) is 0 Å². The number of imidazole rings is 1. The molecule has 0 bridgehead atoms. The number of anilines is 2. The highest BCUT2D eigenvalue weighted by atomic mass is 32.1. The first-order valence-electron chi connectivity index (χ1n) is 8.59. The van der Waals surface area contributed by atoms with Gasteiger partial charge in [-0.3, -0.25) is 9.13 Å². The van der Waals surface area contributed by atoms with Crippen LogP contribution in [0.1, 0.15) is 0 Å². The lowest BCUT2D eigenvalue weighted by atomic mass is 10.3. The number of aromatic nitrogens is 2. The summed E-state index contributed by atoms with van der Waals surface area (Å²) in [5.74, 6) is 0. The highest BCUT2D eigenvalue weighted by Crippen LogP contribution is 2.19. The first kappa shape index (κ1) is 16.4. The van der Waals surface area contributed by atoms with Gasteiger partial charge in [-0.15, -0.1) is 0 Å². The van der Waals surface area contributed by atoms with Crippen LogP contribution in [0.4, 0.5) is 11.4 Å². The van der Waals surface area contributed by atoms with Gasteiger partial charge in [-0.1, -0.05) is 48.5 Å². The molecule has 2 N–H and O–H groups in total. The van der Waals surface area contributed by atoms with Crippen molar-refractivity contribution in [1.29, 1.82) is 0 Å². The number of rotatable bonds is 6. The smallest absolute Gasteiger partial charge is 0.183 e. The average Bonchev–Trinajstić information content (AvgIpc) is 2.97. The van der Waals surface area contributed by atoms with Crippen molar-refractivity contribution in [2.24, 2.45) is 0 Å². The molecule has 0 aliphatic carbocycles. The molecule has 0 atom stereocenters. The molecular weight excluding hydrogens is 340 g/mol. The summed E-state index contributed by atoms with van der Waals surface area (Å²) in [6, 6.07) is 28.6. The van der Waals surface area contributed by atoms with Crippen molar-refractivity contribution >= 4 is 34.6 Å². The minimum absolute atomic E-state index is 0.627. The Labute approximate surface area is 157 Å². The molecule has 1 heterocycles. The molecule has 0 spiro atoms. The van der Waals surface area contributed by atoms with Crippen molar-refractivity contribution in [1.82, 2.24) is 9.13 Å². The molecule has 4 aromatic rings. The highest BCUT2D eigenvalue weighted by Gasteiger charge is 2.09. The van der Waals surface area contributed by atoms with Crippen LogP contribution in [0.25, 0.3) is 11.0 Å². The monoisotopic (exact) mass is 360 g/mol. The molecule has 0 fully saturated rings. The van der Waals surface area contributed by atoms with Gasteiger partial charge in [-0.25, -0.2) is 0 Å². The Hall–Kier alpha value is -3.05. The molecule has 0 aliphatic heterocycles. The van der Waals surface area contributed by atoms with E-state index < -0.39 is 0 Å². The molecule has 4 nitrogen and oxygen atoms in total. The summed E-state index contributed by atoms with van der Waals surface area (Å²) < 4.78 is 5.05. The Balaban J connectivity index is 1.63. The van der Waals surface area contributed by atoms with Gasteiger partial charge in [0.25, 0.3) is 0 Å². The van der Waals surface area contributed by atoms with Crippen molar-refractivity contribution in [2.45, 2.75) is 13.3 Å². The molecular formula is C21H20N4S. The van der Waals surface area contributed by atoms with Crippen LogP contribution in [0.5, 0.6) is 0 Å². The van der Waals surface area contributed by atoms with Crippen LogP contribution in [0.2, 0.25) is 0 Å². The fourth-order valence-corrected chi connectivity index (χ4v) is 3.36. The normalized spacial score (nSPS) is 10.8. The zero-order valence-corrected chi connectivity index (χ0v) is 15.1. The Bertz CT molecular complexity index is 968. The van der Waals surface area contributed by atoms with Crippen molar-refractivity contribution in [3.63, 3.8) is 0 Å². The van der Waals surface area contributed by atoms with E-state index >= 15 is 0 Å². The lowest BCUT2D eigenvalue weighted by molar-refractivity contribution is 0.710. The molecule has 3 aromatic carbocycles. The predicted octanol–water partition coefficient (Wildman–Crippen LogP) is 5.31. The van der Waals surface area contributed by atoms with Crippen LogP contribution in [0, 0.1) is 4.77 Å². The summed E-state index contributed by atoms with van der Waals surface area (Å²) in [7, 11) is 0. The van der Waals surface area contributed by atoms with Gasteiger partial charge in [-0.2, -0.15) is 0 Å². The van der Waals surface area contributed by atoms with Gasteiger partial charge in [0.2, 0.25) is 0 Å². The first-order valence-corrected chi connectivity index (χ1v) is 9.00. The van der Waals surface area contributed by atoms with E-state index in [1.165, 1.54) is 0 Å². The van der Waals surface area contributed by atoms with Gasteiger partial charge >= 0.3 is 0 Å². The van der Waals surface area contributed by atoms with E-state index in [2.05, 4.69) is 56.2 Å². The number of nitrogens with zero attached hydrogens (tertiary/aromatic N) is 2. The third-order valence-corrected chi connectivity index (χ3v) is 4.80. The van der Waals surface area contributed by atoms with Crippen LogP contribution in [0.15, 0.2) is 84.9 Å². The molecule has 0 amide bonds. The van der Waals surface area contributed by atoms with E-state index in [4.69, 9.17) is 12.2 Å². The number of benzene rings is 3. The SMILES string of the molecule is S=c1n(CNc2ccccc2)c2ccccc2n1CNc1ccccc1. The Kier molecular flexibility index (Phi) is 4.71. The molecule has 0 unspecified atom stereocenters. The molecule has 0 saturated heterocycles. The maximum atomic E-state index is 5.77. The summed E-state index contributed by atoms with van der Waals surface area (Å²) >= 11 is 5.77. The summed E-state index contributed by atoms with van der Waals surface area (Å²) in [6.45, 7) is 1.25. The molecule has 5 heteroatoms. The third-order valence-electron chi connectivity index (χ3n) is 4.36. The second-order valence-corrected chi connectivity index (χ2v) is 6.39. The maximum absolute atomic E-state index is 5.77. The van der Waals surface area contributed by atoms with Crippen molar-refractivity contribution in [2.75, 3.05) is 10.6 Å². The summed E-state index contributed by atoms with van der Waals surface area (Å²) in [4.78, 5) is 0. The van der Waals surface area contributed by atoms with Crippen molar-refractivity contribution < 1.29 is 0 Å². The number of para-hydroxylation sites is 4. The first-order chi connectivity index (χ1) is 12.8. The topological polar surface area (TPSA) is 33.9 Å². The molecule has 4 rings (SSSR count). The molecule has 130 valence electrons. The van der Waals surface area contributed by atoms with E-state index in [0.717, 1.165) is 27.2 Å². The van der Waals surface area contributed by atoms with E-state index in [1.807, 2.05) is 48.5 Å². The van der Waals surface area contributed by atoms with Gasteiger partial charge in [0.05, 0.1) is 24.4 Å². The Morgan fingerprint density at radius 3 is 1.38 bits per heavy atom. The van der Waals surface area contributed by atoms with Crippen LogP contribution in [-0.2, 0) is 13.3 Å². The number of nitrogens with one attached hydrogen (secondary N) is 2. The van der Waals surface area contributed by atoms with Crippen LogP contribution in [-0.4, -0.2) is 9.13 Å². The fraction of sp³-hybridized carbons (Fsp3) is 0.0952. The van der Waals surface area contributed by atoms with E-state index in [1.54, 1.807) is 0 Å². The van der Waals surface area contributed by atoms with E-state index in [0.29, 0.717) is 13.3 Å². The Morgan fingerprint density at radius 2 is 0.962 bits per heavy atom. The third kappa shape index (κ3) is 3.34. The van der Waals surface area contributed by atoms with Gasteiger partial charge in [-0.05, 0) is 48.6 Å². The second kappa shape index (κ2) is 7.45.